The van der Waals surface area contributed by atoms with Crippen LogP contribution in [0.1, 0.15) is 17.0 Å². The van der Waals surface area contributed by atoms with Gasteiger partial charge in [0.05, 0.1) is 49.3 Å². The lowest BCUT2D eigenvalue weighted by atomic mass is 9.89. The summed E-state index contributed by atoms with van der Waals surface area (Å²) in [6, 6.07) is 5.72. The average Bonchev–Trinajstić information content (AvgIpc) is 2.75. The van der Waals surface area contributed by atoms with E-state index in [1.165, 1.54) is 0 Å². The number of hydrogen-bond acceptors (Lipinski definition) is 7. The molecule has 2 aromatic carbocycles. The van der Waals surface area contributed by atoms with Gasteiger partial charge in [0, 0.05) is 17.5 Å². The largest absolute Gasteiger partial charge is 0.493 e. The van der Waals surface area contributed by atoms with Crippen LogP contribution in [0.2, 0.25) is 0 Å². The number of methoxy groups -OCH3 is 6. The minimum absolute atomic E-state index is 0.0363. The molecule has 152 valence electrons. The smallest absolute Gasteiger partial charge is 0.207 e. The number of benzene rings is 2. The number of rotatable bonds is 7. The van der Waals surface area contributed by atoms with Crippen molar-refractivity contribution in [2.45, 2.75) is 12.3 Å². The van der Waals surface area contributed by atoms with Crippen LogP contribution in [0.3, 0.4) is 0 Å². The highest BCUT2D eigenvalue weighted by Gasteiger charge is 2.30. The van der Waals surface area contributed by atoms with E-state index >= 15 is 0 Å². The third-order valence-electron chi connectivity index (χ3n) is 4.93. The van der Waals surface area contributed by atoms with Crippen molar-refractivity contribution in [3.8, 4) is 40.2 Å². The number of ether oxygens (including phenoxy) is 7. The van der Waals surface area contributed by atoms with Crippen molar-refractivity contribution >= 4 is 0 Å². The Bertz CT molecular complexity index is 847. The molecule has 1 heterocycles. The predicted octanol–water partition coefficient (Wildman–Crippen LogP) is 3.46. The zero-order valence-corrected chi connectivity index (χ0v) is 17.1. The van der Waals surface area contributed by atoms with Crippen LogP contribution in [0.15, 0.2) is 18.2 Å². The summed E-state index contributed by atoms with van der Waals surface area (Å²) in [5.41, 5.74) is 1.96. The molecule has 0 aliphatic carbocycles. The molecule has 1 atom stereocenters. The van der Waals surface area contributed by atoms with Crippen LogP contribution in [0.25, 0.3) is 0 Å². The fourth-order valence-corrected chi connectivity index (χ4v) is 3.57. The second kappa shape index (κ2) is 8.37. The summed E-state index contributed by atoms with van der Waals surface area (Å²) in [7, 11) is 9.58. The van der Waals surface area contributed by atoms with Crippen LogP contribution >= 0.6 is 0 Å². The molecule has 7 heteroatoms. The first kappa shape index (κ1) is 19.8. The maximum Gasteiger partial charge on any atom is 0.207 e. The summed E-state index contributed by atoms with van der Waals surface area (Å²) in [4.78, 5) is 0. The Labute approximate surface area is 165 Å². The number of fused-ring (bicyclic) bond motifs is 1. The van der Waals surface area contributed by atoms with Crippen LogP contribution in [0.5, 0.6) is 40.2 Å². The van der Waals surface area contributed by atoms with Gasteiger partial charge in [-0.25, -0.2) is 0 Å². The van der Waals surface area contributed by atoms with Crippen LogP contribution in [-0.4, -0.2) is 49.3 Å². The molecule has 0 saturated heterocycles. The van der Waals surface area contributed by atoms with E-state index in [9.17, 15) is 0 Å². The molecule has 0 bridgehead atoms. The summed E-state index contributed by atoms with van der Waals surface area (Å²) in [6.07, 6.45) is 0.741. The van der Waals surface area contributed by atoms with Crippen molar-refractivity contribution in [3.63, 3.8) is 0 Å². The fraction of sp³-hybridized carbons (Fsp3) is 0.429. The Morgan fingerprint density at radius 2 is 1.29 bits per heavy atom. The van der Waals surface area contributed by atoms with Gasteiger partial charge >= 0.3 is 0 Å². The Balaban J connectivity index is 2.06. The Morgan fingerprint density at radius 3 is 1.86 bits per heavy atom. The molecule has 0 spiro atoms. The van der Waals surface area contributed by atoms with E-state index in [0.717, 1.165) is 23.3 Å². The third kappa shape index (κ3) is 3.32. The van der Waals surface area contributed by atoms with E-state index in [1.807, 2.05) is 18.2 Å². The van der Waals surface area contributed by atoms with E-state index in [-0.39, 0.29) is 5.92 Å². The minimum atomic E-state index is 0.0363. The molecule has 0 radical (unpaired) electrons. The molecule has 7 nitrogen and oxygen atoms in total. The van der Waals surface area contributed by atoms with Gasteiger partial charge < -0.3 is 33.2 Å². The van der Waals surface area contributed by atoms with Crippen LogP contribution in [0.4, 0.5) is 0 Å². The highest BCUT2D eigenvalue weighted by Crippen LogP contribution is 2.50. The van der Waals surface area contributed by atoms with Crippen molar-refractivity contribution in [2.75, 3.05) is 49.3 Å². The lowest BCUT2D eigenvalue weighted by Gasteiger charge is -2.29. The first-order valence-electron chi connectivity index (χ1n) is 8.86. The van der Waals surface area contributed by atoms with Crippen molar-refractivity contribution < 1.29 is 33.2 Å². The van der Waals surface area contributed by atoms with Gasteiger partial charge in [-0.2, -0.15) is 0 Å². The molecule has 3 rings (SSSR count). The van der Waals surface area contributed by atoms with E-state index in [4.69, 9.17) is 33.2 Å². The molecule has 2 aromatic rings. The molecule has 1 aliphatic rings. The third-order valence-corrected chi connectivity index (χ3v) is 4.93. The predicted molar refractivity (Wildman–Crippen MR) is 104 cm³/mol. The van der Waals surface area contributed by atoms with Crippen molar-refractivity contribution in [2.24, 2.45) is 0 Å². The van der Waals surface area contributed by atoms with Gasteiger partial charge in [-0.05, 0) is 24.1 Å². The van der Waals surface area contributed by atoms with Crippen molar-refractivity contribution in [1.29, 1.82) is 0 Å². The summed E-state index contributed by atoms with van der Waals surface area (Å²) >= 11 is 0. The lowest BCUT2D eigenvalue weighted by Crippen LogP contribution is -2.20. The first-order valence-corrected chi connectivity index (χ1v) is 8.86. The highest BCUT2D eigenvalue weighted by molar-refractivity contribution is 5.64. The fourth-order valence-electron chi connectivity index (χ4n) is 3.57. The maximum atomic E-state index is 6.03. The number of hydrogen-bond donors (Lipinski definition) is 0. The lowest BCUT2D eigenvalue weighted by molar-refractivity contribution is 0.252. The molecule has 0 saturated carbocycles. The van der Waals surface area contributed by atoms with Crippen LogP contribution < -0.4 is 33.2 Å². The Hall–Kier alpha value is -2.96. The molecule has 0 aromatic heterocycles. The molecule has 1 aliphatic heterocycles. The SMILES string of the molecule is COc1cc2c(cc1OC)OCC(c1cc(OC)c(OC)c(OC)c1OC)C2. The van der Waals surface area contributed by atoms with Gasteiger partial charge in [-0.3, -0.25) is 0 Å². The first-order chi connectivity index (χ1) is 13.6. The Kier molecular flexibility index (Phi) is 5.92. The van der Waals surface area contributed by atoms with Crippen LogP contribution in [-0.2, 0) is 6.42 Å². The molecular formula is C21H26O7. The van der Waals surface area contributed by atoms with Crippen LogP contribution in [0, 0.1) is 0 Å². The Morgan fingerprint density at radius 1 is 0.679 bits per heavy atom. The topological polar surface area (TPSA) is 64.6 Å². The summed E-state index contributed by atoms with van der Waals surface area (Å²) in [6.45, 7) is 0.484. The standard InChI is InChI=1S/C21H26O7/c1-22-16-8-12-7-13(11-28-15(12)10-17(16)23-2)14-9-18(24-3)20(26-5)21(27-6)19(14)25-4/h8-10,13H,7,11H2,1-6H3. The second-order valence-electron chi connectivity index (χ2n) is 6.29. The zero-order valence-electron chi connectivity index (χ0n) is 17.1. The average molecular weight is 390 g/mol. The molecule has 0 amide bonds. The van der Waals surface area contributed by atoms with Gasteiger partial charge in [0.25, 0.3) is 0 Å². The molecule has 1 unspecified atom stereocenters. The van der Waals surface area contributed by atoms with Gasteiger partial charge in [-0.15, -0.1) is 0 Å². The highest BCUT2D eigenvalue weighted by atomic mass is 16.5. The van der Waals surface area contributed by atoms with E-state index < -0.39 is 0 Å². The zero-order chi connectivity index (χ0) is 20.3. The van der Waals surface area contributed by atoms with Gasteiger partial charge in [-0.1, -0.05) is 0 Å². The van der Waals surface area contributed by atoms with E-state index in [2.05, 4.69) is 0 Å². The maximum absolute atomic E-state index is 6.03. The monoisotopic (exact) mass is 390 g/mol. The van der Waals surface area contributed by atoms with Crippen molar-refractivity contribution in [1.82, 2.24) is 0 Å². The summed E-state index contributed by atoms with van der Waals surface area (Å²) < 4.78 is 39.0. The minimum Gasteiger partial charge on any atom is -0.493 e. The summed E-state index contributed by atoms with van der Waals surface area (Å²) in [5, 5.41) is 0. The van der Waals surface area contributed by atoms with Gasteiger partial charge in [0.1, 0.15) is 5.75 Å². The van der Waals surface area contributed by atoms with E-state index in [1.54, 1.807) is 42.7 Å². The summed E-state index contributed by atoms with van der Waals surface area (Å²) in [5.74, 6) is 4.32. The quantitative estimate of drug-likeness (QED) is 0.717. The molecular weight excluding hydrogens is 364 g/mol. The molecule has 28 heavy (non-hydrogen) atoms. The van der Waals surface area contributed by atoms with Gasteiger partial charge in [0.2, 0.25) is 11.5 Å². The van der Waals surface area contributed by atoms with Gasteiger partial charge in [0.15, 0.2) is 23.0 Å². The molecule has 0 N–H and O–H groups in total. The van der Waals surface area contributed by atoms with Crippen molar-refractivity contribution in [3.05, 3.63) is 29.3 Å². The van der Waals surface area contributed by atoms with E-state index in [0.29, 0.717) is 41.1 Å². The molecule has 0 fully saturated rings. The normalized spacial score (nSPS) is 15.1. The second-order valence-corrected chi connectivity index (χ2v) is 6.29.